The molecular formula is C14H15NO2. The number of aryl methyl sites for hydroxylation is 1. The lowest BCUT2D eigenvalue weighted by Crippen LogP contribution is -1.92. The molecule has 2 rings (SSSR count). The van der Waals surface area contributed by atoms with Gasteiger partial charge in [-0.2, -0.15) is 0 Å². The first kappa shape index (κ1) is 11.5. The lowest BCUT2D eigenvalue weighted by molar-refractivity contribution is 0.111. The topological polar surface area (TPSA) is 31.2 Å². The molecule has 2 aromatic rings. The quantitative estimate of drug-likeness (QED) is 0.754. The lowest BCUT2D eigenvalue weighted by Gasteiger charge is -2.06. The monoisotopic (exact) mass is 229 g/mol. The summed E-state index contributed by atoms with van der Waals surface area (Å²) in [6.07, 6.45) is 3.60. The molecule has 0 saturated carbocycles. The number of rotatable bonds is 4. The minimum atomic E-state index is 0.690. The molecule has 1 aromatic heterocycles. The van der Waals surface area contributed by atoms with Crippen LogP contribution in [0, 0.1) is 0 Å². The largest absolute Gasteiger partial charge is 0.496 e. The summed E-state index contributed by atoms with van der Waals surface area (Å²) in [5, 5.41) is 0. The molecule has 3 heteroatoms. The zero-order chi connectivity index (χ0) is 12.3. The first-order chi connectivity index (χ1) is 8.24. The van der Waals surface area contributed by atoms with Gasteiger partial charge in [0.1, 0.15) is 5.75 Å². The highest BCUT2D eigenvalue weighted by atomic mass is 16.5. The van der Waals surface area contributed by atoms with Gasteiger partial charge in [-0.05, 0) is 23.3 Å². The van der Waals surface area contributed by atoms with E-state index in [0.717, 1.165) is 29.6 Å². The standard InChI is InChI=1S/C14H15NO2/c1-15-9-11(8-13(15)10-16)7-12-5-3-4-6-14(12)17-2/h3-6,8-10H,7H2,1-2H3. The average Bonchev–Trinajstić information content (AvgIpc) is 2.70. The summed E-state index contributed by atoms with van der Waals surface area (Å²) in [6, 6.07) is 9.82. The fraction of sp³-hybridized carbons (Fsp3) is 0.214. The number of benzene rings is 1. The average molecular weight is 229 g/mol. The van der Waals surface area contributed by atoms with Crippen molar-refractivity contribution in [3.05, 3.63) is 53.3 Å². The Morgan fingerprint density at radius 3 is 2.76 bits per heavy atom. The van der Waals surface area contributed by atoms with Gasteiger partial charge in [0.15, 0.2) is 6.29 Å². The van der Waals surface area contributed by atoms with Crippen LogP contribution in [0.4, 0.5) is 0 Å². The Hall–Kier alpha value is -2.03. The predicted molar refractivity (Wildman–Crippen MR) is 66.6 cm³/mol. The Morgan fingerprint density at radius 1 is 1.35 bits per heavy atom. The summed E-state index contributed by atoms with van der Waals surface area (Å²) in [7, 11) is 3.54. The van der Waals surface area contributed by atoms with Gasteiger partial charge in [-0.1, -0.05) is 18.2 Å². The second-order valence-electron chi connectivity index (χ2n) is 3.99. The van der Waals surface area contributed by atoms with Crippen molar-refractivity contribution in [3.63, 3.8) is 0 Å². The maximum atomic E-state index is 10.8. The Morgan fingerprint density at radius 2 is 2.12 bits per heavy atom. The predicted octanol–water partition coefficient (Wildman–Crippen LogP) is 2.44. The van der Waals surface area contributed by atoms with Crippen LogP contribution in [0.5, 0.6) is 5.75 Å². The third-order valence-corrected chi connectivity index (χ3v) is 2.81. The summed E-state index contributed by atoms with van der Waals surface area (Å²) in [5.41, 5.74) is 2.92. The molecule has 0 N–H and O–H groups in total. The van der Waals surface area contributed by atoms with E-state index in [1.54, 1.807) is 7.11 Å². The molecule has 0 fully saturated rings. The van der Waals surface area contributed by atoms with Gasteiger partial charge in [0, 0.05) is 19.7 Å². The molecule has 0 saturated heterocycles. The van der Waals surface area contributed by atoms with Gasteiger partial charge in [-0.15, -0.1) is 0 Å². The van der Waals surface area contributed by atoms with Crippen LogP contribution in [0.1, 0.15) is 21.6 Å². The minimum absolute atomic E-state index is 0.690. The van der Waals surface area contributed by atoms with Crippen LogP contribution < -0.4 is 4.74 Å². The number of aldehydes is 1. The van der Waals surface area contributed by atoms with Gasteiger partial charge in [0.2, 0.25) is 0 Å². The second-order valence-corrected chi connectivity index (χ2v) is 3.99. The van der Waals surface area contributed by atoms with Crippen molar-refractivity contribution < 1.29 is 9.53 Å². The van der Waals surface area contributed by atoms with E-state index in [2.05, 4.69) is 0 Å². The SMILES string of the molecule is COc1ccccc1Cc1cc(C=O)n(C)c1. The smallest absolute Gasteiger partial charge is 0.166 e. The van der Waals surface area contributed by atoms with Crippen molar-refractivity contribution >= 4 is 6.29 Å². The highest BCUT2D eigenvalue weighted by Gasteiger charge is 2.06. The van der Waals surface area contributed by atoms with Crippen LogP contribution in [0.25, 0.3) is 0 Å². The van der Waals surface area contributed by atoms with Crippen molar-refractivity contribution in [2.75, 3.05) is 7.11 Å². The third kappa shape index (κ3) is 2.38. The second kappa shape index (κ2) is 4.87. The van der Waals surface area contributed by atoms with Crippen LogP contribution in [0.2, 0.25) is 0 Å². The highest BCUT2D eigenvalue weighted by Crippen LogP contribution is 2.21. The van der Waals surface area contributed by atoms with E-state index in [0.29, 0.717) is 5.69 Å². The van der Waals surface area contributed by atoms with Crippen LogP contribution in [-0.4, -0.2) is 18.0 Å². The first-order valence-electron chi connectivity index (χ1n) is 5.47. The van der Waals surface area contributed by atoms with Gasteiger partial charge in [-0.3, -0.25) is 4.79 Å². The van der Waals surface area contributed by atoms with Gasteiger partial charge in [0.05, 0.1) is 12.8 Å². The Balaban J connectivity index is 2.28. The summed E-state index contributed by atoms with van der Waals surface area (Å²) in [4.78, 5) is 10.8. The number of carbonyl (C=O) groups excluding carboxylic acids is 1. The molecule has 0 spiro atoms. The van der Waals surface area contributed by atoms with Gasteiger partial charge >= 0.3 is 0 Å². The van der Waals surface area contributed by atoms with Crippen LogP contribution in [-0.2, 0) is 13.5 Å². The molecule has 0 bridgehead atoms. The van der Waals surface area contributed by atoms with Crippen molar-refractivity contribution in [3.8, 4) is 5.75 Å². The summed E-state index contributed by atoms with van der Waals surface area (Å²) < 4.78 is 7.14. The maximum absolute atomic E-state index is 10.8. The Kier molecular flexibility index (Phi) is 3.28. The molecule has 3 nitrogen and oxygen atoms in total. The molecule has 0 unspecified atom stereocenters. The summed E-state index contributed by atoms with van der Waals surface area (Å²) in [6.45, 7) is 0. The normalized spacial score (nSPS) is 10.2. The van der Waals surface area contributed by atoms with Crippen LogP contribution in [0.3, 0.4) is 0 Å². The molecule has 0 radical (unpaired) electrons. The summed E-state index contributed by atoms with van der Waals surface area (Å²) >= 11 is 0. The van der Waals surface area contributed by atoms with Crippen molar-refractivity contribution in [2.45, 2.75) is 6.42 Å². The zero-order valence-corrected chi connectivity index (χ0v) is 10.0. The van der Waals surface area contributed by atoms with Gasteiger partial charge in [0.25, 0.3) is 0 Å². The van der Waals surface area contributed by atoms with E-state index >= 15 is 0 Å². The van der Waals surface area contributed by atoms with E-state index in [9.17, 15) is 4.79 Å². The molecule has 1 heterocycles. The number of hydrogen-bond acceptors (Lipinski definition) is 2. The van der Waals surface area contributed by atoms with E-state index < -0.39 is 0 Å². The van der Waals surface area contributed by atoms with E-state index in [4.69, 9.17) is 4.74 Å². The molecule has 0 aliphatic heterocycles. The molecule has 0 amide bonds. The molecule has 0 aliphatic carbocycles. The number of ether oxygens (including phenoxy) is 1. The molecule has 0 aliphatic rings. The third-order valence-electron chi connectivity index (χ3n) is 2.81. The van der Waals surface area contributed by atoms with Crippen LogP contribution >= 0.6 is 0 Å². The van der Waals surface area contributed by atoms with Crippen molar-refractivity contribution in [1.29, 1.82) is 0 Å². The Bertz CT molecular complexity index is 529. The molecule has 1 aromatic carbocycles. The van der Waals surface area contributed by atoms with Crippen molar-refractivity contribution in [2.24, 2.45) is 7.05 Å². The Labute approximate surface area is 101 Å². The van der Waals surface area contributed by atoms with Crippen molar-refractivity contribution in [1.82, 2.24) is 4.57 Å². The van der Waals surface area contributed by atoms with E-state index in [-0.39, 0.29) is 0 Å². The first-order valence-corrected chi connectivity index (χ1v) is 5.47. The minimum Gasteiger partial charge on any atom is -0.496 e. The van der Waals surface area contributed by atoms with Gasteiger partial charge in [-0.25, -0.2) is 0 Å². The summed E-state index contributed by atoms with van der Waals surface area (Å²) in [5.74, 6) is 0.879. The molecule has 17 heavy (non-hydrogen) atoms. The highest BCUT2D eigenvalue weighted by molar-refractivity contribution is 5.73. The number of methoxy groups -OCH3 is 1. The number of carbonyl (C=O) groups is 1. The fourth-order valence-corrected chi connectivity index (χ4v) is 1.94. The van der Waals surface area contributed by atoms with Crippen LogP contribution in [0.15, 0.2) is 36.5 Å². The lowest BCUT2D eigenvalue weighted by atomic mass is 10.1. The molecular weight excluding hydrogens is 214 g/mol. The number of nitrogens with zero attached hydrogens (tertiary/aromatic N) is 1. The number of para-hydroxylation sites is 1. The van der Waals surface area contributed by atoms with E-state index in [1.807, 2.05) is 48.1 Å². The number of aromatic nitrogens is 1. The van der Waals surface area contributed by atoms with E-state index in [1.165, 1.54) is 0 Å². The fourth-order valence-electron chi connectivity index (χ4n) is 1.94. The molecule has 0 atom stereocenters. The molecule has 88 valence electrons. The maximum Gasteiger partial charge on any atom is 0.166 e. The van der Waals surface area contributed by atoms with Gasteiger partial charge < -0.3 is 9.30 Å². The number of hydrogen-bond donors (Lipinski definition) is 0. The zero-order valence-electron chi connectivity index (χ0n) is 10.0.